The Morgan fingerprint density at radius 3 is 2.88 bits per heavy atom. The van der Waals surface area contributed by atoms with E-state index >= 15 is 0 Å². The molecule has 1 aliphatic heterocycles. The van der Waals surface area contributed by atoms with Crippen molar-refractivity contribution in [3.8, 4) is 0 Å². The minimum atomic E-state index is -0.407. The Hall–Kier alpha value is -2.48. The van der Waals surface area contributed by atoms with E-state index in [9.17, 15) is 4.79 Å². The fraction of sp³-hybridized carbons (Fsp3) is 0.500. The number of urea groups is 1. The van der Waals surface area contributed by atoms with E-state index < -0.39 is 6.10 Å². The highest BCUT2D eigenvalue weighted by Gasteiger charge is 2.29. The van der Waals surface area contributed by atoms with Crippen LogP contribution in [0, 0.1) is 6.92 Å². The zero-order valence-corrected chi connectivity index (χ0v) is 14.0. The first kappa shape index (κ1) is 16.4. The fourth-order valence-electron chi connectivity index (χ4n) is 2.32. The summed E-state index contributed by atoms with van der Waals surface area (Å²) in [6.45, 7) is 7.18. The number of ether oxygens (including phenoxy) is 1. The third kappa shape index (κ3) is 3.70. The number of nitrogens with one attached hydrogen (secondary N) is 1. The number of aryl methyl sites for hydroxylation is 1. The van der Waals surface area contributed by atoms with E-state index in [1.165, 1.54) is 0 Å². The molecule has 1 N–H and O–H groups in total. The summed E-state index contributed by atoms with van der Waals surface area (Å²) in [6.07, 6.45) is 1.30. The van der Waals surface area contributed by atoms with Crippen LogP contribution in [0.5, 0.6) is 0 Å². The van der Waals surface area contributed by atoms with Gasteiger partial charge in [0.2, 0.25) is 11.8 Å². The van der Waals surface area contributed by atoms with Gasteiger partial charge in [-0.1, -0.05) is 19.9 Å². The minimum Gasteiger partial charge on any atom is -0.422 e. The molecule has 8 nitrogen and oxygen atoms in total. The zero-order valence-electron chi connectivity index (χ0n) is 14.0. The second-order valence-corrected chi connectivity index (χ2v) is 6.09. The van der Waals surface area contributed by atoms with Crippen molar-refractivity contribution in [3.05, 3.63) is 35.7 Å². The Morgan fingerprint density at radius 2 is 2.21 bits per heavy atom. The molecule has 24 heavy (non-hydrogen) atoms. The molecule has 0 spiro atoms. The second kappa shape index (κ2) is 6.96. The molecule has 1 atom stereocenters. The molecule has 2 aromatic rings. The Bertz CT molecular complexity index is 698. The van der Waals surface area contributed by atoms with Crippen LogP contribution in [0.25, 0.3) is 0 Å². The summed E-state index contributed by atoms with van der Waals surface area (Å²) in [7, 11) is 0. The van der Waals surface area contributed by atoms with Crippen molar-refractivity contribution in [1.29, 1.82) is 0 Å². The van der Waals surface area contributed by atoms with Gasteiger partial charge in [-0.15, -0.1) is 10.2 Å². The largest absolute Gasteiger partial charge is 0.422 e. The number of morpholine rings is 1. The maximum atomic E-state index is 12.4. The predicted octanol–water partition coefficient (Wildman–Crippen LogP) is 2.50. The van der Waals surface area contributed by atoms with Gasteiger partial charge in [0.15, 0.2) is 6.10 Å². The number of carbonyl (C=O) groups is 1. The number of anilines is 1. The number of hydrogen-bond acceptors (Lipinski definition) is 6. The topological polar surface area (TPSA) is 93.4 Å². The van der Waals surface area contributed by atoms with Crippen molar-refractivity contribution >= 4 is 11.8 Å². The van der Waals surface area contributed by atoms with E-state index in [0.29, 0.717) is 37.3 Å². The maximum absolute atomic E-state index is 12.4. The number of aromatic nitrogens is 3. The van der Waals surface area contributed by atoms with Gasteiger partial charge in [-0.2, -0.15) is 0 Å². The molecule has 2 aromatic heterocycles. The molecule has 0 bridgehead atoms. The van der Waals surface area contributed by atoms with E-state index in [0.717, 1.165) is 5.56 Å². The van der Waals surface area contributed by atoms with E-state index in [2.05, 4.69) is 20.5 Å². The fourth-order valence-corrected chi connectivity index (χ4v) is 2.32. The van der Waals surface area contributed by atoms with Gasteiger partial charge < -0.3 is 14.1 Å². The molecular formula is C16H21N5O3. The van der Waals surface area contributed by atoms with Crippen LogP contribution >= 0.6 is 0 Å². The monoisotopic (exact) mass is 331 g/mol. The number of carbonyl (C=O) groups excluding carboxylic acids is 1. The van der Waals surface area contributed by atoms with Crippen LogP contribution in [0.2, 0.25) is 0 Å². The molecule has 0 unspecified atom stereocenters. The first-order chi connectivity index (χ1) is 11.5. The van der Waals surface area contributed by atoms with Crippen molar-refractivity contribution in [2.24, 2.45) is 0 Å². The van der Waals surface area contributed by atoms with E-state index in [4.69, 9.17) is 9.15 Å². The van der Waals surface area contributed by atoms with Crippen molar-refractivity contribution in [2.75, 3.05) is 25.0 Å². The van der Waals surface area contributed by atoms with Gasteiger partial charge in [0.05, 0.1) is 13.2 Å². The molecule has 0 saturated carbocycles. The van der Waals surface area contributed by atoms with Gasteiger partial charge in [0.25, 0.3) is 0 Å². The second-order valence-electron chi connectivity index (χ2n) is 6.09. The summed E-state index contributed by atoms with van der Waals surface area (Å²) in [5.41, 5.74) is 1.04. The lowest BCUT2D eigenvalue weighted by Gasteiger charge is -2.31. The molecule has 3 heterocycles. The van der Waals surface area contributed by atoms with Crippen LogP contribution in [0.15, 0.2) is 22.7 Å². The molecule has 2 amide bonds. The number of hydrogen-bond donors (Lipinski definition) is 1. The third-order valence-corrected chi connectivity index (χ3v) is 3.73. The van der Waals surface area contributed by atoms with Crippen LogP contribution < -0.4 is 5.32 Å². The Balaban J connectivity index is 1.63. The van der Waals surface area contributed by atoms with E-state index in [1.54, 1.807) is 17.2 Å². The first-order valence-corrected chi connectivity index (χ1v) is 7.96. The van der Waals surface area contributed by atoms with Gasteiger partial charge in [0.1, 0.15) is 5.82 Å². The average molecular weight is 331 g/mol. The zero-order chi connectivity index (χ0) is 17.1. The van der Waals surface area contributed by atoms with Gasteiger partial charge in [-0.3, -0.25) is 5.32 Å². The highest BCUT2D eigenvalue weighted by Crippen LogP contribution is 2.23. The van der Waals surface area contributed by atoms with Crippen LogP contribution in [0.1, 0.15) is 43.2 Å². The summed E-state index contributed by atoms with van der Waals surface area (Å²) in [5, 5.41) is 10.8. The molecule has 1 aliphatic rings. The van der Waals surface area contributed by atoms with Crippen LogP contribution in [-0.2, 0) is 4.74 Å². The smallest absolute Gasteiger partial charge is 0.323 e. The summed E-state index contributed by atoms with van der Waals surface area (Å²) < 4.78 is 11.3. The van der Waals surface area contributed by atoms with Crippen LogP contribution in [0.4, 0.5) is 10.6 Å². The molecular weight excluding hydrogens is 310 g/mol. The number of rotatable bonds is 3. The lowest BCUT2D eigenvalue weighted by Crippen LogP contribution is -2.44. The van der Waals surface area contributed by atoms with Gasteiger partial charge in [-0.05, 0) is 18.6 Å². The van der Waals surface area contributed by atoms with Gasteiger partial charge in [0, 0.05) is 18.7 Å². The van der Waals surface area contributed by atoms with Crippen LogP contribution in [-0.4, -0.2) is 45.8 Å². The van der Waals surface area contributed by atoms with Crippen molar-refractivity contribution in [1.82, 2.24) is 20.1 Å². The summed E-state index contributed by atoms with van der Waals surface area (Å²) in [4.78, 5) is 18.2. The summed E-state index contributed by atoms with van der Waals surface area (Å²) in [5.74, 6) is 1.65. The number of pyridine rings is 1. The molecule has 3 rings (SSSR count). The Morgan fingerprint density at radius 1 is 1.38 bits per heavy atom. The van der Waals surface area contributed by atoms with Crippen LogP contribution in [0.3, 0.4) is 0 Å². The highest BCUT2D eigenvalue weighted by atomic mass is 16.5. The maximum Gasteiger partial charge on any atom is 0.323 e. The number of nitrogens with zero attached hydrogens (tertiary/aromatic N) is 4. The molecule has 128 valence electrons. The lowest BCUT2D eigenvalue weighted by molar-refractivity contribution is -0.0276. The minimum absolute atomic E-state index is 0.154. The van der Waals surface area contributed by atoms with Gasteiger partial charge in [-0.25, -0.2) is 9.78 Å². The molecule has 0 radical (unpaired) electrons. The predicted molar refractivity (Wildman–Crippen MR) is 86.6 cm³/mol. The normalized spacial score (nSPS) is 18.0. The molecule has 1 fully saturated rings. The SMILES string of the molecule is Cc1ccc(NC(=O)N2CCO[C@H](c3nnc(C(C)C)o3)C2)nc1. The van der Waals surface area contributed by atoms with E-state index in [1.807, 2.05) is 26.8 Å². The summed E-state index contributed by atoms with van der Waals surface area (Å²) in [6, 6.07) is 3.46. The molecule has 1 saturated heterocycles. The molecule has 0 aromatic carbocycles. The highest BCUT2D eigenvalue weighted by molar-refractivity contribution is 5.88. The standard InChI is InChI=1S/C16H21N5O3/c1-10(2)14-19-20-15(24-14)12-9-21(6-7-23-12)16(22)18-13-5-4-11(3)8-17-13/h4-5,8,10,12H,6-7,9H2,1-3H3,(H,17,18,22)/t12-/m0/s1. The Kier molecular flexibility index (Phi) is 4.75. The van der Waals surface area contributed by atoms with Crippen molar-refractivity contribution < 1.29 is 13.9 Å². The molecule has 0 aliphatic carbocycles. The van der Waals surface area contributed by atoms with Crippen molar-refractivity contribution in [3.63, 3.8) is 0 Å². The van der Waals surface area contributed by atoms with E-state index in [-0.39, 0.29) is 11.9 Å². The van der Waals surface area contributed by atoms with Crippen molar-refractivity contribution in [2.45, 2.75) is 32.8 Å². The lowest BCUT2D eigenvalue weighted by atomic mass is 10.2. The molecule has 8 heteroatoms. The first-order valence-electron chi connectivity index (χ1n) is 7.96. The van der Waals surface area contributed by atoms with Gasteiger partial charge >= 0.3 is 6.03 Å². The number of amides is 2. The third-order valence-electron chi connectivity index (χ3n) is 3.73. The summed E-state index contributed by atoms with van der Waals surface area (Å²) >= 11 is 0. The average Bonchev–Trinajstić information content (AvgIpc) is 3.07. The Labute approximate surface area is 140 Å². The quantitative estimate of drug-likeness (QED) is 0.929.